The molecule has 6 nitrogen and oxygen atoms in total. The molecule has 0 aliphatic heterocycles. The highest BCUT2D eigenvalue weighted by atomic mass is 16.1. The zero-order valence-corrected chi connectivity index (χ0v) is 5.61. The number of amides is 1. The Hall–Kier alpha value is -1.85. The van der Waals surface area contributed by atoms with Gasteiger partial charge in [-0.25, -0.2) is 9.97 Å². The smallest absolute Gasteiger partial charge is 0.271 e. The Kier molecular flexibility index (Phi) is 1.59. The van der Waals surface area contributed by atoms with E-state index in [1.807, 2.05) is 0 Å². The second kappa shape index (κ2) is 2.41. The van der Waals surface area contributed by atoms with Gasteiger partial charge in [0.2, 0.25) is 0 Å². The average Bonchev–Trinajstić information content (AvgIpc) is 1.85. The van der Waals surface area contributed by atoms with Crippen LogP contribution in [0.2, 0.25) is 0 Å². The second-order valence-corrected chi connectivity index (χ2v) is 1.89. The van der Waals surface area contributed by atoms with Crippen molar-refractivity contribution < 1.29 is 4.79 Å². The Morgan fingerprint density at radius 1 is 1.45 bits per heavy atom. The molecule has 0 bridgehead atoms. The topological polar surface area (TPSA) is 121 Å². The molecular weight excluding hydrogens is 146 g/mol. The monoisotopic (exact) mass is 153 g/mol. The van der Waals surface area contributed by atoms with Crippen LogP contribution in [0.15, 0.2) is 6.20 Å². The summed E-state index contributed by atoms with van der Waals surface area (Å²) in [4.78, 5) is 17.7. The minimum Gasteiger partial charge on any atom is -0.382 e. The first-order valence-corrected chi connectivity index (χ1v) is 2.79. The van der Waals surface area contributed by atoms with Gasteiger partial charge >= 0.3 is 0 Å². The summed E-state index contributed by atoms with van der Waals surface area (Å²) in [5.74, 6) is -0.597. The van der Waals surface area contributed by atoms with Crippen molar-refractivity contribution in [1.29, 1.82) is 0 Å². The lowest BCUT2D eigenvalue weighted by Gasteiger charge is -1.98. The number of nitrogens with zero attached hydrogens (tertiary/aromatic N) is 2. The number of carbonyl (C=O) groups excluding carboxylic acids is 1. The molecule has 1 heterocycles. The van der Waals surface area contributed by atoms with E-state index in [9.17, 15) is 4.79 Å². The Labute approximate surface area is 62.4 Å². The Balaban J connectivity index is 3.20. The Morgan fingerprint density at radius 3 is 2.55 bits per heavy atom. The second-order valence-electron chi connectivity index (χ2n) is 1.89. The lowest BCUT2D eigenvalue weighted by atomic mass is 10.4. The van der Waals surface area contributed by atoms with Crippen molar-refractivity contribution >= 4 is 17.5 Å². The summed E-state index contributed by atoms with van der Waals surface area (Å²) in [7, 11) is 0. The third-order valence-corrected chi connectivity index (χ3v) is 1.05. The summed E-state index contributed by atoms with van der Waals surface area (Å²) in [5, 5.41) is 0. The number of hydrogen-bond acceptors (Lipinski definition) is 5. The van der Waals surface area contributed by atoms with E-state index < -0.39 is 5.91 Å². The SMILES string of the molecule is NC(=O)c1ncc(N)nc1N. The third kappa shape index (κ3) is 1.34. The van der Waals surface area contributed by atoms with E-state index in [0.717, 1.165) is 0 Å². The van der Waals surface area contributed by atoms with Gasteiger partial charge in [0.1, 0.15) is 5.82 Å². The van der Waals surface area contributed by atoms with Crippen LogP contribution in [0, 0.1) is 0 Å². The maximum Gasteiger partial charge on any atom is 0.271 e. The van der Waals surface area contributed by atoms with Crippen molar-refractivity contribution in [2.24, 2.45) is 5.73 Å². The van der Waals surface area contributed by atoms with Crippen LogP contribution in [0.3, 0.4) is 0 Å². The lowest BCUT2D eigenvalue weighted by molar-refractivity contribution is 0.0996. The quantitative estimate of drug-likeness (QED) is 0.465. The van der Waals surface area contributed by atoms with Gasteiger partial charge in [-0.3, -0.25) is 4.79 Å². The minimum atomic E-state index is -0.713. The van der Waals surface area contributed by atoms with Crippen LogP contribution in [-0.2, 0) is 0 Å². The van der Waals surface area contributed by atoms with Gasteiger partial charge in [0.05, 0.1) is 6.20 Å². The largest absolute Gasteiger partial charge is 0.382 e. The zero-order chi connectivity index (χ0) is 8.43. The molecule has 0 atom stereocenters. The van der Waals surface area contributed by atoms with Gasteiger partial charge in [-0.1, -0.05) is 0 Å². The van der Waals surface area contributed by atoms with E-state index in [1.54, 1.807) is 0 Å². The number of aromatic nitrogens is 2. The molecule has 1 rings (SSSR count). The third-order valence-electron chi connectivity index (χ3n) is 1.05. The molecule has 6 heteroatoms. The van der Waals surface area contributed by atoms with E-state index in [0.29, 0.717) is 0 Å². The number of hydrogen-bond donors (Lipinski definition) is 3. The highest BCUT2D eigenvalue weighted by Crippen LogP contribution is 2.05. The molecule has 1 amide bonds. The van der Waals surface area contributed by atoms with E-state index >= 15 is 0 Å². The van der Waals surface area contributed by atoms with Gasteiger partial charge in [0.25, 0.3) is 5.91 Å². The molecule has 1 aromatic heterocycles. The molecule has 0 aliphatic carbocycles. The minimum absolute atomic E-state index is 0.0440. The Bertz CT molecular complexity index is 297. The van der Waals surface area contributed by atoms with E-state index in [2.05, 4.69) is 9.97 Å². The fourth-order valence-corrected chi connectivity index (χ4v) is 0.608. The first-order valence-electron chi connectivity index (χ1n) is 2.79. The molecule has 6 N–H and O–H groups in total. The summed E-state index contributed by atoms with van der Waals surface area (Å²) >= 11 is 0. The number of primary amides is 1. The maximum absolute atomic E-state index is 10.5. The van der Waals surface area contributed by atoms with Crippen LogP contribution >= 0.6 is 0 Å². The van der Waals surface area contributed by atoms with Gasteiger partial charge in [0, 0.05) is 0 Å². The van der Waals surface area contributed by atoms with Gasteiger partial charge in [0.15, 0.2) is 11.5 Å². The van der Waals surface area contributed by atoms with Crippen molar-refractivity contribution in [3.8, 4) is 0 Å². The number of anilines is 2. The zero-order valence-electron chi connectivity index (χ0n) is 5.61. The van der Waals surface area contributed by atoms with Crippen LogP contribution in [0.4, 0.5) is 11.6 Å². The van der Waals surface area contributed by atoms with Crippen molar-refractivity contribution in [2.75, 3.05) is 11.5 Å². The predicted octanol–water partition coefficient (Wildman–Crippen LogP) is -1.26. The van der Waals surface area contributed by atoms with E-state index in [1.165, 1.54) is 6.20 Å². The average molecular weight is 153 g/mol. The normalized spacial score (nSPS) is 9.45. The van der Waals surface area contributed by atoms with Gasteiger partial charge in [-0.05, 0) is 0 Å². The molecule has 1 aromatic rings. The maximum atomic E-state index is 10.5. The molecule has 0 aliphatic rings. The molecular formula is C5H7N5O. The summed E-state index contributed by atoms with van der Waals surface area (Å²) < 4.78 is 0. The standard InChI is InChI=1S/C5H7N5O/c6-2-1-9-3(5(8)11)4(7)10-2/h1H,(H2,8,11)(H4,6,7,10). The van der Waals surface area contributed by atoms with Gasteiger partial charge < -0.3 is 17.2 Å². The molecule has 0 unspecified atom stereocenters. The summed E-state index contributed by atoms with van der Waals surface area (Å²) in [6.45, 7) is 0. The summed E-state index contributed by atoms with van der Waals surface area (Å²) in [5.41, 5.74) is 15.3. The van der Waals surface area contributed by atoms with Crippen molar-refractivity contribution in [1.82, 2.24) is 9.97 Å². The van der Waals surface area contributed by atoms with Crippen molar-refractivity contribution in [3.63, 3.8) is 0 Å². The van der Waals surface area contributed by atoms with Crippen LogP contribution in [0.1, 0.15) is 10.5 Å². The van der Waals surface area contributed by atoms with E-state index in [4.69, 9.17) is 17.2 Å². The van der Waals surface area contributed by atoms with E-state index in [-0.39, 0.29) is 17.3 Å². The highest BCUT2D eigenvalue weighted by molar-refractivity contribution is 5.95. The summed E-state index contributed by atoms with van der Waals surface area (Å²) in [6.07, 6.45) is 1.22. The van der Waals surface area contributed by atoms with Crippen LogP contribution < -0.4 is 17.2 Å². The van der Waals surface area contributed by atoms with Crippen molar-refractivity contribution in [2.45, 2.75) is 0 Å². The first-order chi connectivity index (χ1) is 5.11. The van der Waals surface area contributed by atoms with Crippen LogP contribution in [-0.4, -0.2) is 15.9 Å². The number of nitrogen functional groups attached to an aromatic ring is 2. The molecule has 0 saturated heterocycles. The molecule has 0 fully saturated rings. The molecule has 0 saturated carbocycles. The number of nitrogens with two attached hydrogens (primary N) is 3. The van der Waals surface area contributed by atoms with Gasteiger partial charge in [-0.2, -0.15) is 0 Å². The number of rotatable bonds is 1. The lowest BCUT2D eigenvalue weighted by Crippen LogP contribution is -2.16. The van der Waals surface area contributed by atoms with Gasteiger partial charge in [-0.15, -0.1) is 0 Å². The first kappa shape index (κ1) is 7.26. The molecule has 0 radical (unpaired) electrons. The van der Waals surface area contributed by atoms with Crippen LogP contribution in [0.25, 0.3) is 0 Å². The fourth-order valence-electron chi connectivity index (χ4n) is 0.608. The summed E-state index contributed by atoms with van der Waals surface area (Å²) in [6, 6.07) is 0. The highest BCUT2D eigenvalue weighted by Gasteiger charge is 2.07. The predicted molar refractivity (Wildman–Crippen MR) is 39.4 cm³/mol. The molecule has 0 spiro atoms. The van der Waals surface area contributed by atoms with Crippen LogP contribution in [0.5, 0.6) is 0 Å². The fraction of sp³-hybridized carbons (Fsp3) is 0. The molecule has 0 aromatic carbocycles. The molecule has 58 valence electrons. The van der Waals surface area contributed by atoms with Crippen molar-refractivity contribution in [3.05, 3.63) is 11.9 Å². The number of carbonyl (C=O) groups is 1. The molecule has 11 heavy (non-hydrogen) atoms. The Morgan fingerprint density at radius 2 is 2.09 bits per heavy atom.